The standard InChI is InChI=1S/C16H18N2O3S/c1-11(19)12-8-15(22-10-12)16(20)18-6-7-21-9-14(18)13-4-3-5-17(13)2/h3-5,8,10,14H,6-7,9H2,1-2H3/t14-/m1/s1. The molecule has 1 amide bonds. The van der Waals surface area contributed by atoms with Gasteiger partial charge in [0.2, 0.25) is 0 Å². The zero-order valence-corrected chi connectivity index (χ0v) is 13.4. The second-order valence-electron chi connectivity index (χ2n) is 5.39. The molecule has 0 spiro atoms. The normalized spacial score (nSPS) is 18.5. The molecular formula is C16H18N2O3S. The molecule has 0 unspecified atom stereocenters. The molecule has 5 nitrogen and oxygen atoms in total. The van der Waals surface area contributed by atoms with Gasteiger partial charge < -0.3 is 14.2 Å². The smallest absolute Gasteiger partial charge is 0.264 e. The molecule has 0 radical (unpaired) electrons. The number of carbonyl (C=O) groups is 2. The number of thiophene rings is 1. The maximum Gasteiger partial charge on any atom is 0.264 e. The molecule has 3 heterocycles. The van der Waals surface area contributed by atoms with Crippen molar-refractivity contribution in [3.8, 4) is 0 Å². The summed E-state index contributed by atoms with van der Waals surface area (Å²) in [6, 6.07) is 5.57. The SMILES string of the molecule is CC(=O)c1csc(C(=O)N2CCOC[C@@H]2c2cccn2C)c1. The second-order valence-corrected chi connectivity index (χ2v) is 6.30. The number of hydrogen-bond acceptors (Lipinski definition) is 4. The molecule has 0 aliphatic carbocycles. The Bertz CT molecular complexity index is 704. The zero-order valence-electron chi connectivity index (χ0n) is 12.6. The average Bonchev–Trinajstić information content (AvgIpc) is 3.15. The Morgan fingerprint density at radius 1 is 1.41 bits per heavy atom. The van der Waals surface area contributed by atoms with Crippen LogP contribution in [0.15, 0.2) is 29.8 Å². The molecule has 1 atom stereocenters. The molecule has 0 saturated carbocycles. The summed E-state index contributed by atoms with van der Waals surface area (Å²) in [5.74, 6) is -0.0525. The summed E-state index contributed by atoms with van der Waals surface area (Å²) in [5.41, 5.74) is 1.65. The van der Waals surface area contributed by atoms with Crippen molar-refractivity contribution in [1.29, 1.82) is 0 Å². The number of nitrogens with zero attached hydrogens (tertiary/aromatic N) is 2. The first-order chi connectivity index (χ1) is 10.6. The quantitative estimate of drug-likeness (QED) is 0.817. The van der Waals surface area contributed by atoms with E-state index in [1.54, 1.807) is 11.4 Å². The Hall–Kier alpha value is -1.92. The van der Waals surface area contributed by atoms with Gasteiger partial charge in [-0.05, 0) is 25.1 Å². The molecule has 1 aliphatic rings. The Morgan fingerprint density at radius 3 is 2.86 bits per heavy atom. The van der Waals surface area contributed by atoms with Gasteiger partial charge in [-0.25, -0.2) is 0 Å². The Morgan fingerprint density at radius 2 is 2.23 bits per heavy atom. The molecule has 0 bridgehead atoms. The molecule has 0 aromatic carbocycles. The minimum Gasteiger partial charge on any atom is -0.377 e. The van der Waals surface area contributed by atoms with Crippen LogP contribution in [0.5, 0.6) is 0 Å². The number of rotatable bonds is 3. The third kappa shape index (κ3) is 2.71. The Labute approximate surface area is 133 Å². The van der Waals surface area contributed by atoms with Gasteiger partial charge in [0.05, 0.1) is 24.1 Å². The first kappa shape index (κ1) is 15.0. The van der Waals surface area contributed by atoms with Crippen LogP contribution in [0.3, 0.4) is 0 Å². The number of Topliss-reactive ketones (excluding diaryl/α,β-unsaturated/α-hetero) is 1. The molecule has 1 aliphatic heterocycles. The van der Waals surface area contributed by atoms with Crippen LogP contribution in [0.4, 0.5) is 0 Å². The van der Waals surface area contributed by atoms with E-state index in [-0.39, 0.29) is 17.7 Å². The van der Waals surface area contributed by atoms with Crippen LogP contribution < -0.4 is 0 Å². The fourth-order valence-corrected chi connectivity index (χ4v) is 3.59. The topological polar surface area (TPSA) is 51.5 Å². The van der Waals surface area contributed by atoms with Crippen LogP contribution in [0.1, 0.15) is 38.7 Å². The van der Waals surface area contributed by atoms with E-state index < -0.39 is 0 Å². The summed E-state index contributed by atoms with van der Waals surface area (Å²) >= 11 is 1.32. The highest BCUT2D eigenvalue weighted by Crippen LogP contribution is 2.28. The second kappa shape index (κ2) is 6.06. The van der Waals surface area contributed by atoms with Gasteiger partial charge in [-0.1, -0.05) is 0 Å². The molecule has 1 saturated heterocycles. The van der Waals surface area contributed by atoms with Crippen molar-refractivity contribution < 1.29 is 14.3 Å². The molecule has 116 valence electrons. The van der Waals surface area contributed by atoms with Gasteiger partial charge in [0, 0.05) is 36.4 Å². The highest BCUT2D eigenvalue weighted by molar-refractivity contribution is 7.12. The van der Waals surface area contributed by atoms with Gasteiger partial charge >= 0.3 is 0 Å². The van der Waals surface area contributed by atoms with Crippen molar-refractivity contribution in [3.05, 3.63) is 45.9 Å². The van der Waals surface area contributed by atoms with Crippen LogP contribution in [0.2, 0.25) is 0 Å². The highest BCUT2D eigenvalue weighted by atomic mass is 32.1. The van der Waals surface area contributed by atoms with Crippen molar-refractivity contribution in [3.63, 3.8) is 0 Å². The molecule has 3 rings (SSSR count). The summed E-state index contributed by atoms with van der Waals surface area (Å²) in [7, 11) is 1.96. The van der Waals surface area contributed by atoms with E-state index in [0.29, 0.717) is 30.2 Å². The van der Waals surface area contributed by atoms with E-state index >= 15 is 0 Å². The van der Waals surface area contributed by atoms with Crippen LogP contribution in [-0.2, 0) is 11.8 Å². The molecule has 0 N–H and O–H groups in total. The monoisotopic (exact) mass is 318 g/mol. The minimum absolute atomic E-state index is 0.0173. The molecule has 2 aromatic rings. The van der Waals surface area contributed by atoms with Crippen molar-refractivity contribution in [2.75, 3.05) is 19.8 Å². The van der Waals surface area contributed by atoms with Gasteiger partial charge in [-0.3, -0.25) is 9.59 Å². The number of morpholine rings is 1. The first-order valence-corrected chi connectivity index (χ1v) is 8.05. The summed E-state index contributed by atoms with van der Waals surface area (Å²) in [6.07, 6.45) is 1.96. The maximum absolute atomic E-state index is 12.8. The fraction of sp³-hybridized carbons (Fsp3) is 0.375. The number of aryl methyl sites for hydroxylation is 1. The van der Waals surface area contributed by atoms with E-state index in [0.717, 1.165) is 5.69 Å². The summed E-state index contributed by atoms with van der Waals surface area (Å²) in [4.78, 5) is 26.7. The third-order valence-corrected chi connectivity index (χ3v) is 4.85. The van der Waals surface area contributed by atoms with Crippen LogP contribution in [0.25, 0.3) is 0 Å². The fourth-order valence-electron chi connectivity index (χ4n) is 2.69. The first-order valence-electron chi connectivity index (χ1n) is 7.17. The van der Waals surface area contributed by atoms with Gasteiger partial charge in [0.15, 0.2) is 5.78 Å². The van der Waals surface area contributed by atoms with Crippen molar-refractivity contribution in [1.82, 2.24) is 9.47 Å². The largest absolute Gasteiger partial charge is 0.377 e. The Balaban J connectivity index is 1.88. The average molecular weight is 318 g/mol. The van der Waals surface area contributed by atoms with Crippen LogP contribution >= 0.6 is 11.3 Å². The number of ether oxygens (including phenoxy) is 1. The van der Waals surface area contributed by atoms with E-state index in [1.165, 1.54) is 18.3 Å². The van der Waals surface area contributed by atoms with Crippen LogP contribution in [0, 0.1) is 0 Å². The van der Waals surface area contributed by atoms with Gasteiger partial charge in [-0.15, -0.1) is 11.3 Å². The van der Waals surface area contributed by atoms with Crippen molar-refractivity contribution in [2.24, 2.45) is 7.05 Å². The molecular weight excluding hydrogens is 300 g/mol. The molecule has 1 fully saturated rings. The van der Waals surface area contributed by atoms with Gasteiger partial charge in [-0.2, -0.15) is 0 Å². The lowest BCUT2D eigenvalue weighted by atomic mass is 10.1. The molecule has 6 heteroatoms. The number of aromatic nitrogens is 1. The lowest BCUT2D eigenvalue weighted by Crippen LogP contribution is -2.43. The maximum atomic E-state index is 12.8. The van der Waals surface area contributed by atoms with Crippen molar-refractivity contribution in [2.45, 2.75) is 13.0 Å². The summed E-state index contributed by atoms with van der Waals surface area (Å²) < 4.78 is 7.57. The number of carbonyl (C=O) groups excluding carboxylic acids is 2. The molecule has 22 heavy (non-hydrogen) atoms. The summed E-state index contributed by atoms with van der Waals surface area (Å²) in [6.45, 7) is 3.10. The van der Waals surface area contributed by atoms with E-state index in [9.17, 15) is 9.59 Å². The minimum atomic E-state index is -0.0934. The number of ketones is 1. The van der Waals surface area contributed by atoms with Gasteiger partial charge in [0.1, 0.15) is 0 Å². The zero-order chi connectivity index (χ0) is 15.7. The molecule has 2 aromatic heterocycles. The predicted octanol–water partition coefficient (Wildman–Crippen LogP) is 2.50. The lowest BCUT2D eigenvalue weighted by molar-refractivity contribution is -0.00437. The van der Waals surface area contributed by atoms with E-state index in [2.05, 4.69) is 0 Å². The summed E-state index contributed by atoms with van der Waals surface area (Å²) in [5, 5.41) is 1.74. The number of hydrogen-bond donors (Lipinski definition) is 0. The van der Waals surface area contributed by atoms with Crippen molar-refractivity contribution >= 4 is 23.0 Å². The predicted molar refractivity (Wildman–Crippen MR) is 84.3 cm³/mol. The lowest BCUT2D eigenvalue weighted by Gasteiger charge is -2.35. The number of amides is 1. The van der Waals surface area contributed by atoms with E-state index in [4.69, 9.17) is 4.74 Å². The van der Waals surface area contributed by atoms with E-state index in [1.807, 2.05) is 34.8 Å². The Kier molecular flexibility index (Phi) is 4.13. The van der Waals surface area contributed by atoms with Gasteiger partial charge in [0.25, 0.3) is 5.91 Å². The van der Waals surface area contributed by atoms with Crippen LogP contribution in [-0.4, -0.2) is 40.9 Å². The third-order valence-electron chi connectivity index (χ3n) is 3.93. The highest BCUT2D eigenvalue weighted by Gasteiger charge is 2.31.